The van der Waals surface area contributed by atoms with Crippen molar-refractivity contribution in [2.75, 3.05) is 19.7 Å². The van der Waals surface area contributed by atoms with Gasteiger partial charge in [-0.25, -0.2) is 0 Å². The van der Waals surface area contributed by atoms with E-state index >= 15 is 0 Å². The van der Waals surface area contributed by atoms with Gasteiger partial charge in [-0.1, -0.05) is 32.9 Å². The Kier molecular flexibility index (Phi) is 5.69. The van der Waals surface area contributed by atoms with Crippen LogP contribution in [-0.4, -0.2) is 41.7 Å². The van der Waals surface area contributed by atoms with E-state index in [-0.39, 0.29) is 23.8 Å². The van der Waals surface area contributed by atoms with Crippen LogP contribution in [0.2, 0.25) is 0 Å². The Morgan fingerprint density at radius 3 is 2.57 bits per heavy atom. The van der Waals surface area contributed by atoms with E-state index in [0.29, 0.717) is 6.54 Å². The first-order valence-electron chi connectivity index (χ1n) is 8.48. The lowest BCUT2D eigenvalue weighted by atomic mass is 9.87. The highest BCUT2D eigenvalue weighted by Gasteiger charge is 2.27. The van der Waals surface area contributed by atoms with Crippen molar-refractivity contribution in [2.45, 2.75) is 52.1 Å². The van der Waals surface area contributed by atoms with E-state index in [2.05, 4.69) is 32.9 Å². The Hall–Kier alpha value is -1.55. The molecular weight excluding hydrogens is 290 g/mol. The summed E-state index contributed by atoms with van der Waals surface area (Å²) in [5, 5.41) is 9.29. The van der Waals surface area contributed by atoms with Crippen LogP contribution in [0.1, 0.15) is 46.1 Å². The van der Waals surface area contributed by atoms with Crippen molar-refractivity contribution in [1.82, 2.24) is 4.90 Å². The first-order chi connectivity index (χ1) is 10.8. The number of amides is 1. The molecule has 0 bridgehead atoms. The van der Waals surface area contributed by atoms with Gasteiger partial charge in [-0.2, -0.15) is 0 Å². The van der Waals surface area contributed by atoms with Crippen LogP contribution in [0.25, 0.3) is 0 Å². The molecule has 23 heavy (non-hydrogen) atoms. The molecule has 1 aromatic carbocycles. The topological polar surface area (TPSA) is 49.8 Å². The molecule has 1 N–H and O–H groups in total. The summed E-state index contributed by atoms with van der Waals surface area (Å²) in [6.07, 6.45) is 1.43. The molecule has 128 valence electrons. The highest BCUT2D eigenvalue weighted by Crippen LogP contribution is 2.25. The fourth-order valence-corrected chi connectivity index (χ4v) is 2.96. The van der Waals surface area contributed by atoms with Gasteiger partial charge in [0.2, 0.25) is 0 Å². The Morgan fingerprint density at radius 1 is 1.35 bits per heavy atom. The van der Waals surface area contributed by atoms with E-state index in [1.165, 1.54) is 5.56 Å². The normalized spacial score (nSPS) is 20.2. The van der Waals surface area contributed by atoms with Gasteiger partial charge in [0.1, 0.15) is 5.75 Å². The first-order valence-corrected chi connectivity index (χ1v) is 8.48. The first kappa shape index (κ1) is 17.8. The van der Waals surface area contributed by atoms with Crippen LogP contribution >= 0.6 is 0 Å². The zero-order valence-corrected chi connectivity index (χ0v) is 14.7. The molecule has 1 aromatic rings. The van der Waals surface area contributed by atoms with Gasteiger partial charge in [0.25, 0.3) is 5.91 Å². The lowest BCUT2D eigenvalue weighted by molar-refractivity contribution is -0.140. The number of hydrogen-bond donors (Lipinski definition) is 1. The number of benzene rings is 1. The molecule has 1 fully saturated rings. The average molecular weight is 319 g/mol. The fourth-order valence-electron chi connectivity index (χ4n) is 2.96. The van der Waals surface area contributed by atoms with Crippen LogP contribution in [0.15, 0.2) is 24.3 Å². The maximum atomic E-state index is 12.5. The number of carbonyl (C=O) groups excluding carboxylic acids is 1. The summed E-state index contributed by atoms with van der Waals surface area (Å²) in [6, 6.07) is 7.96. The van der Waals surface area contributed by atoms with Gasteiger partial charge in [-0.3, -0.25) is 4.79 Å². The highest BCUT2D eigenvalue weighted by atomic mass is 16.5. The predicted octanol–water partition coefficient (Wildman–Crippen LogP) is 2.98. The van der Waals surface area contributed by atoms with Gasteiger partial charge in [-0.05, 0) is 48.8 Å². The Labute approximate surface area is 139 Å². The molecule has 2 atom stereocenters. The lowest BCUT2D eigenvalue weighted by Gasteiger charge is -2.33. The molecule has 2 unspecified atom stereocenters. The van der Waals surface area contributed by atoms with Crippen LogP contribution in [0.4, 0.5) is 0 Å². The summed E-state index contributed by atoms with van der Waals surface area (Å²) >= 11 is 0. The third-order valence-electron chi connectivity index (χ3n) is 4.47. The highest BCUT2D eigenvalue weighted by molar-refractivity contribution is 5.81. The molecular formula is C19H29NO3. The van der Waals surface area contributed by atoms with E-state index in [1.807, 2.05) is 17.0 Å². The minimum atomic E-state index is -0.507. The van der Waals surface area contributed by atoms with Crippen LogP contribution in [0.3, 0.4) is 0 Å². The summed E-state index contributed by atoms with van der Waals surface area (Å²) in [7, 11) is 0. The minimum absolute atomic E-state index is 0.00282. The van der Waals surface area contributed by atoms with Crippen molar-refractivity contribution in [1.29, 1.82) is 0 Å². The lowest BCUT2D eigenvalue weighted by Crippen LogP contribution is -2.46. The summed E-state index contributed by atoms with van der Waals surface area (Å²) in [5.41, 5.74) is 1.35. The van der Waals surface area contributed by atoms with Crippen molar-refractivity contribution in [2.24, 2.45) is 5.92 Å². The monoisotopic (exact) mass is 319 g/mol. The molecule has 0 aromatic heterocycles. The Morgan fingerprint density at radius 2 is 2.00 bits per heavy atom. The molecule has 0 radical (unpaired) electrons. The molecule has 1 amide bonds. The number of nitrogens with zero attached hydrogens (tertiary/aromatic N) is 1. The second-order valence-electron chi connectivity index (χ2n) is 7.51. The second kappa shape index (κ2) is 7.35. The maximum Gasteiger partial charge on any atom is 0.263 e. The fraction of sp³-hybridized carbons (Fsp3) is 0.632. The van der Waals surface area contributed by atoms with Crippen molar-refractivity contribution in [3.63, 3.8) is 0 Å². The summed E-state index contributed by atoms with van der Waals surface area (Å²) in [4.78, 5) is 14.3. The standard InChI is InChI=1S/C19H29NO3/c1-14(18(22)20-11-5-6-15(12-20)13-21)23-17-9-7-16(8-10-17)19(2,3)4/h7-10,14-15,21H,5-6,11-13H2,1-4H3. The number of aliphatic hydroxyl groups excluding tert-OH is 1. The van der Waals surface area contributed by atoms with Crippen molar-refractivity contribution < 1.29 is 14.6 Å². The van der Waals surface area contributed by atoms with Crippen molar-refractivity contribution >= 4 is 5.91 Å². The predicted molar refractivity (Wildman–Crippen MR) is 91.6 cm³/mol. The summed E-state index contributed by atoms with van der Waals surface area (Å²) in [6.45, 7) is 9.84. The van der Waals surface area contributed by atoms with E-state index in [1.54, 1.807) is 6.92 Å². The number of carbonyl (C=O) groups is 1. The van der Waals surface area contributed by atoms with Gasteiger partial charge < -0.3 is 14.7 Å². The molecule has 2 rings (SSSR count). The van der Waals surface area contributed by atoms with E-state index in [4.69, 9.17) is 4.74 Å². The van der Waals surface area contributed by atoms with Crippen molar-refractivity contribution in [3.8, 4) is 5.75 Å². The zero-order chi connectivity index (χ0) is 17.0. The molecule has 4 nitrogen and oxygen atoms in total. The molecule has 0 saturated carbocycles. The van der Waals surface area contributed by atoms with E-state index < -0.39 is 6.10 Å². The molecule has 1 saturated heterocycles. The van der Waals surface area contributed by atoms with Gasteiger partial charge in [0.15, 0.2) is 6.10 Å². The number of rotatable bonds is 4. The Bertz CT molecular complexity index is 518. The van der Waals surface area contributed by atoms with E-state index in [0.717, 1.165) is 25.1 Å². The van der Waals surface area contributed by atoms with Crippen LogP contribution in [0.5, 0.6) is 5.75 Å². The molecule has 0 spiro atoms. The molecule has 4 heteroatoms. The second-order valence-corrected chi connectivity index (χ2v) is 7.51. The van der Waals surface area contributed by atoms with Gasteiger partial charge in [0.05, 0.1) is 0 Å². The maximum absolute atomic E-state index is 12.5. The van der Waals surface area contributed by atoms with Gasteiger partial charge in [-0.15, -0.1) is 0 Å². The van der Waals surface area contributed by atoms with Crippen molar-refractivity contribution in [3.05, 3.63) is 29.8 Å². The number of hydrogen-bond acceptors (Lipinski definition) is 3. The zero-order valence-electron chi connectivity index (χ0n) is 14.7. The number of piperidine rings is 1. The minimum Gasteiger partial charge on any atom is -0.481 e. The molecule has 1 aliphatic heterocycles. The summed E-state index contributed by atoms with van der Waals surface area (Å²) < 4.78 is 5.81. The Balaban J connectivity index is 1.95. The van der Waals surface area contributed by atoms with Crippen LogP contribution in [-0.2, 0) is 10.2 Å². The SMILES string of the molecule is CC(Oc1ccc(C(C)(C)C)cc1)C(=O)N1CCCC(CO)C1. The van der Waals surface area contributed by atoms with E-state index in [9.17, 15) is 9.90 Å². The largest absolute Gasteiger partial charge is 0.481 e. The van der Waals surface area contributed by atoms with Crippen LogP contribution in [0, 0.1) is 5.92 Å². The number of ether oxygens (including phenoxy) is 1. The quantitative estimate of drug-likeness (QED) is 0.928. The van der Waals surface area contributed by atoms with Crippen LogP contribution < -0.4 is 4.74 Å². The smallest absolute Gasteiger partial charge is 0.263 e. The van der Waals surface area contributed by atoms with Gasteiger partial charge in [0, 0.05) is 19.7 Å². The average Bonchev–Trinajstić information content (AvgIpc) is 2.53. The molecule has 1 aliphatic rings. The third-order valence-corrected chi connectivity index (χ3v) is 4.47. The molecule has 0 aliphatic carbocycles. The number of likely N-dealkylation sites (tertiary alicyclic amines) is 1. The number of aliphatic hydroxyl groups is 1. The van der Waals surface area contributed by atoms with Gasteiger partial charge >= 0.3 is 0 Å². The summed E-state index contributed by atoms with van der Waals surface area (Å²) in [5.74, 6) is 0.920. The third kappa shape index (κ3) is 4.71. The molecule has 1 heterocycles.